The van der Waals surface area contributed by atoms with Gasteiger partial charge in [0.2, 0.25) is 5.91 Å². The van der Waals surface area contributed by atoms with E-state index >= 15 is 0 Å². The summed E-state index contributed by atoms with van der Waals surface area (Å²) < 4.78 is 10.7. The van der Waals surface area contributed by atoms with E-state index in [0.29, 0.717) is 25.4 Å². The summed E-state index contributed by atoms with van der Waals surface area (Å²) in [4.78, 5) is 14.8. The van der Waals surface area contributed by atoms with Crippen LogP contribution in [-0.4, -0.2) is 44.2 Å². The number of carbonyl (C=O) groups is 1. The summed E-state index contributed by atoms with van der Waals surface area (Å²) >= 11 is 0. The van der Waals surface area contributed by atoms with Crippen LogP contribution in [0.1, 0.15) is 30.0 Å². The van der Waals surface area contributed by atoms with E-state index in [9.17, 15) is 4.79 Å². The van der Waals surface area contributed by atoms with Crippen molar-refractivity contribution in [2.75, 3.05) is 27.3 Å². The van der Waals surface area contributed by atoms with E-state index in [0.717, 1.165) is 36.6 Å². The van der Waals surface area contributed by atoms with Gasteiger partial charge in [0.15, 0.2) is 0 Å². The molecule has 0 fully saturated rings. The van der Waals surface area contributed by atoms with E-state index in [2.05, 4.69) is 41.4 Å². The van der Waals surface area contributed by atoms with Gasteiger partial charge < -0.3 is 14.8 Å². The molecule has 0 saturated carbocycles. The third kappa shape index (κ3) is 5.04. The van der Waals surface area contributed by atoms with Crippen LogP contribution in [0, 0.1) is 0 Å². The minimum absolute atomic E-state index is 0.0640. The second kappa shape index (κ2) is 9.60. The number of hydrogen-bond donors (Lipinski definition) is 1. The maximum atomic E-state index is 12.4. The van der Waals surface area contributed by atoms with Gasteiger partial charge in [0.05, 0.1) is 14.2 Å². The number of fused-ring (bicyclic) bond motifs is 1. The minimum Gasteiger partial charge on any atom is -0.497 e. The third-order valence-corrected chi connectivity index (χ3v) is 5.49. The molecule has 1 atom stereocenters. The van der Waals surface area contributed by atoms with Crippen molar-refractivity contribution in [3.63, 3.8) is 0 Å². The average molecular weight is 383 g/mol. The van der Waals surface area contributed by atoms with Crippen LogP contribution in [0.25, 0.3) is 0 Å². The Morgan fingerprint density at radius 1 is 1.14 bits per heavy atom. The summed E-state index contributed by atoms with van der Waals surface area (Å²) in [7, 11) is 3.28. The molecule has 150 valence electrons. The van der Waals surface area contributed by atoms with Crippen LogP contribution >= 0.6 is 0 Å². The summed E-state index contributed by atoms with van der Waals surface area (Å²) in [5.74, 6) is 1.62. The summed E-state index contributed by atoms with van der Waals surface area (Å²) in [6.45, 7) is 4.83. The van der Waals surface area contributed by atoms with Gasteiger partial charge in [-0.3, -0.25) is 9.69 Å². The fourth-order valence-electron chi connectivity index (χ4n) is 3.70. The molecule has 0 radical (unpaired) electrons. The first kappa shape index (κ1) is 20.2. The predicted octanol–water partition coefficient (Wildman–Crippen LogP) is 3.20. The highest BCUT2D eigenvalue weighted by atomic mass is 16.5. The number of methoxy groups -OCH3 is 2. The van der Waals surface area contributed by atoms with Crippen LogP contribution in [0.15, 0.2) is 42.5 Å². The number of aryl methyl sites for hydroxylation is 1. The van der Waals surface area contributed by atoms with Crippen molar-refractivity contribution in [1.29, 1.82) is 0 Å². The van der Waals surface area contributed by atoms with Crippen LogP contribution in [0.2, 0.25) is 0 Å². The molecule has 1 N–H and O–H groups in total. The molecule has 28 heavy (non-hydrogen) atoms. The van der Waals surface area contributed by atoms with Gasteiger partial charge in [-0.25, -0.2) is 0 Å². The molecule has 1 unspecified atom stereocenters. The van der Waals surface area contributed by atoms with E-state index in [4.69, 9.17) is 9.47 Å². The van der Waals surface area contributed by atoms with E-state index in [1.807, 2.05) is 18.2 Å². The highest BCUT2D eigenvalue weighted by Gasteiger charge is 2.20. The molecular weight excluding hydrogens is 352 g/mol. The van der Waals surface area contributed by atoms with Crippen molar-refractivity contribution in [3.05, 3.63) is 59.2 Å². The number of amides is 1. The lowest BCUT2D eigenvalue weighted by molar-refractivity contribution is -0.121. The maximum Gasteiger partial charge on any atom is 0.220 e. The molecule has 0 bridgehead atoms. The number of ether oxygens (including phenoxy) is 2. The summed E-state index contributed by atoms with van der Waals surface area (Å²) in [6.07, 6.45) is 2.13. The molecule has 0 aromatic heterocycles. The second-order valence-electron chi connectivity index (χ2n) is 7.32. The van der Waals surface area contributed by atoms with Gasteiger partial charge in [-0.1, -0.05) is 24.3 Å². The second-order valence-corrected chi connectivity index (χ2v) is 7.32. The molecule has 2 aromatic rings. The Hall–Kier alpha value is -2.53. The fourth-order valence-corrected chi connectivity index (χ4v) is 3.70. The first-order valence-electron chi connectivity index (χ1n) is 9.89. The van der Waals surface area contributed by atoms with Gasteiger partial charge in [-0.15, -0.1) is 0 Å². The predicted molar refractivity (Wildman–Crippen MR) is 111 cm³/mol. The van der Waals surface area contributed by atoms with Gasteiger partial charge in [0.1, 0.15) is 11.5 Å². The number of nitrogens with zero attached hydrogens (tertiary/aromatic N) is 1. The third-order valence-electron chi connectivity index (χ3n) is 5.49. The zero-order valence-corrected chi connectivity index (χ0v) is 17.0. The van der Waals surface area contributed by atoms with Gasteiger partial charge in [-0.05, 0) is 54.7 Å². The summed E-state index contributed by atoms with van der Waals surface area (Å²) in [6, 6.07) is 14.6. The number of carbonyl (C=O) groups excluding carboxylic acids is 1. The van der Waals surface area contributed by atoms with Gasteiger partial charge in [0, 0.05) is 32.1 Å². The van der Waals surface area contributed by atoms with Crippen molar-refractivity contribution >= 4 is 5.91 Å². The molecule has 0 saturated heterocycles. The molecule has 2 aromatic carbocycles. The van der Waals surface area contributed by atoms with Crippen molar-refractivity contribution < 1.29 is 14.3 Å². The molecule has 1 amide bonds. The molecule has 1 aliphatic rings. The SMILES string of the molecule is COc1ccc(OC)c(CCC(=O)NCC(C)N2CCc3ccccc3C2)c1. The van der Waals surface area contributed by atoms with Crippen LogP contribution in [-0.2, 0) is 24.2 Å². The summed E-state index contributed by atoms with van der Waals surface area (Å²) in [5, 5.41) is 3.09. The number of benzene rings is 2. The van der Waals surface area contributed by atoms with Crippen LogP contribution in [0.4, 0.5) is 0 Å². The normalized spacial score (nSPS) is 14.8. The Kier molecular flexibility index (Phi) is 6.93. The smallest absolute Gasteiger partial charge is 0.220 e. The molecule has 1 aliphatic heterocycles. The highest BCUT2D eigenvalue weighted by molar-refractivity contribution is 5.76. The van der Waals surface area contributed by atoms with Gasteiger partial charge >= 0.3 is 0 Å². The lowest BCUT2D eigenvalue weighted by Gasteiger charge is -2.33. The van der Waals surface area contributed by atoms with E-state index in [1.165, 1.54) is 11.1 Å². The van der Waals surface area contributed by atoms with Crippen LogP contribution in [0.3, 0.4) is 0 Å². The monoisotopic (exact) mass is 382 g/mol. The molecule has 5 nitrogen and oxygen atoms in total. The minimum atomic E-state index is 0.0640. The Balaban J connectivity index is 1.47. The molecule has 5 heteroatoms. The maximum absolute atomic E-state index is 12.4. The van der Waals surface area contributed by atoms with Crippen LogP contribution < -0.4 is 14.8 Å². The topological polar surface area (TPSA) is 50.8 Å². The summed E-state index contributed by atoms with van der Waals surface area (Å²) in [5.41, 5.74) is 3.83. The molecule has 0 aliphatic carbocycles. The first-order valence-corrected chi connectivity index (χ1v) is 9.89. The van der Waals surface area contributed by atoms with Crippen LogP contribution in [0.5, 0.6) is 11.5 Å². The fraction of sp³-hybridized carbons (Fsp3) is 0.435. The number of rotatable bonds is 8. The Bertz CT molecular complexity index is 806. The van der Waals surface area contributed by atoms with Crippen molar-refractivity contribution in [3.8, 4) is 11.5 Å². The van der Waals surface area contributed by atoms with E-state index in [1.54, 1.807) is 14.2 Å². The zero-order valence-electron chi connectivity index (χ0n) is 17.0. The largest absolute Gasteiger partial charge is 0.497 e. The lowest BCUT2D eigenvalue weighted by atomic mass is 9.99. The van der Waals surface area contributed by atoms with Gasteiger partial charge in [-0.2, -0.15) is 0 Å². The van der Waals surface area contributed by atoms with Gasteiger partial charge in [0.25, 0.3) is 0 Å². The standard InChI is InChI=1S/C23H30N2O3/c1-17(25-13-12-18-6-4-5-7-20(18)16-25)15-24-23(26)11-8-19-14-21(27-2)9-10-22(19)28-3/h4-7,9-10,14,17H,8,11-13,15-16H2,1-3H3,(H,24,26). The lowest BCUT2D eigenvalue weighted by Crippen LogP contribution is -2.44. The quantitative estimate of drug-likeness (QED) is 0.762. The Morgan fingerprint density at radius 3 is 2.68 bits per heavy atom. The molecular formula is C23H30N2O3. The zero-order chi connectivity index (χ0) is 19.9. The average Bonchev–Trinajstić information content (AvgIpc) is 2.75. The first-order chi connectivity index (χ1) is 13.6. The Labute approximate surface area is 167 Å². The van der Waals surface area contributed by atoms with Crippen molar-refractivity contribution in [1.82, 2.24) is 10.2 Å². The van der Waals surface area contributed by atoms with Crippen molar-refractivity contribution in [2.45, 2.75) is 38.8 Å². The Morgan fingerprint density at radius 2 is 1.93 bits per heavy atom. The highest BCUT2D eigenvalue weighted by Crippen LogP contribution is 2.25. The van der Waals surface area contributed by atoms with Crippen molar-refractivity contribution in [2.24, 2.45) is 0 Å². The molecule has 0 spiro atoms. The molecule has 3 rings (SSSR count). The number of hydrogen-bond acceptors (Lipinski definition) is 4. The molecule has 1 heterocycles. The van der Waals surface area contributed by atoms with E-state index < -0.39 is 0 Å². The number of nitrogens with one attached hydrogen (secondary N) is 1. The van der Waals surface area contributed by atoms with E-state index in [-0.39, 0.29) is 5.91 Å².